The van der Waals surface area contributed by atoms with Crippen molar-refractivity contribution in [1.29, 1.82) is 0 Å². The average molecular weight is 320 g/mol. The van der Waals surface area contributed by atoms with Crippen molar-refractivity contribution in [2.24, 2.45) is 0 Å². The van der Waals surface area contributed by atoms with Crippen LogP contribution in [0.1, 0.15) is 23.5 Å². The van der Waals surface area contributed by atoms with Crippen molar-refractivity contribution in [3.63, 3.8) is 0 Å². The molecule has 0 aliphatic carbocycles. The van der Waals surface area contributed by atoms with Crippen LogP contribution >= 0.6 is 27.3 Å². The molecule has 0 atom stereocenters. The molecule has 1 rings (SSSR count). The van der Waals surface area contributed by atoms with Crippen molar-refractivity contribution in [3.05, 3.63) is 20.8 Å². The van der Waals surface area contributed by atoms with Gasteiger partial charge in [0.15, 0.2) is 5.78 Å². The van der Waals surface area contributed by atoms with Crippen molar-refractivity contribution >= 4 is 33.0 Å². The number of halogens is 1. The minimum atomic E-state index is 0.180. The maximum Gasteiger partial charge on any atom is 0.186 e. The normalized spacial score (nSPS) is 11.1. The summed E-state index contributed by atoms with van der Waals surface area (Å²) in [6.07, 6.45) is 0. The third-order valence-corrected chi connectivity index (χ3v) is 4.08. The molecule has 96 valence electrons. The number of likely N-dealkylation sites (N-methyl/N-ethyl adjacent to an activating group) is 1. The summed E-state index contributed by atoms with van der Waals surface area (Å²) in [5, 5.41) is 0. The molecule has 0 fully saturated rings. The maximum atomic E-state index is 12.0. The first-order chi connectivity index (χ1) is 8.17. The van der Waals surface area contributed by atoms with Gasteiger partial charge < -0.3 is 4.74 Å². The van der Waals surface area contributed by atoms with E-state index < -0.39 is 0 Å². The van der Waals surface area contributed by atoms with Gasteiger partial charge in [0.05, 0.1) is 21.8 Å². The van der Waals surface area contributed by atoms with Crippen LogP contribution in [0.3, 0.4) is 0 Å². The molecule has 0 aliphatic heterocycles. The van der Waals surface area contributed by atoms with E-state index in [-0.39, 0.29) is 5.78 Å². The van der Waals surface area contributed by atoms with Gasteiger partial charge in [-0.2, -0.15) is 0 Å². The van der Waals surface area contributed by atoms with Gasteiger partial charge in [0.25, 0.3) is 0 Å². The van der Waals surface area contributed by atoms with Crippen LogP contribution in [0.4, 0.5) is 0 Å². The molecular weight excluding hydrogens is 302 g/mol. The highest BCUT2D eigenvalue weighted by Crippen LogP contribution is 2.22. The summed E-state index contributed by atoms with van der Waals surface area (Å²) in [5.74, 6) is 0.180. The minimum absolute atomic E-state index is 0.180. The Labute approximate surface area is 115 Å². The molecule has 0 bridgehead atoms. The Hall–Kier alpha value is -0.230. The van der Waals surface area contributed by atoms with E-state index in [1.54, 1.807) is 0 Å². The molecule has 0 saturated heterocycles. The summed E-state index contributed by atoms with van der Waals surface area (Å²) in [7, 11) is 0. The number of carbonyl (C=O) groups excluding carboxylic acids is 1. The van der Waals surface area contributed by atoms with E-state index >= 15 is 0 Å². The van der Waals surface area contributed by atoms with Crippen LogP contribution in [0, 0.1) is 0 Å². The number of ketones is 1. The van der Waals surface area contributed by atoms with E-state index in [1.807, 2.05) is 19.1 Å². The highest BCUT2D eigenvalue weighted by Gasteiger charge is 2.12. The second kappa shape index (κ2) is 7.97. The molecule has 1 heterocycles. The Morgan fingerprint density at radius 3 is 2.76 bits per heavy atom. The first-order valence-corrected chi connectivity index (χ1v) is 7.37. The van der Waals surface area contributed by atoms with E-state index in [2.05, 4.69) is 27.8 Å². The molecule has 1 aromatic heterocycles. The van der Waals surface area contributed by atoms with E-state index in [0.717, 1.165) is 28.4 Å². The van der Waals surface area contributed by atoms with Crippen molar-refractivity contribution in [2.45, 2.75) is 13.8 Å². The van der Waals surface area contributed by atoms with Crippen LogP contribution < -0.4 is 0 Å². The minimum Gasteiger partial charge on any atom is -0.380 e. The zero-order chi connectivity index (χ0) is 12.7. The summed E-state index contributed by atoms with van der Waals surface area (Å²) in [4.78, 5) is 14.9. The van der Waals surface area contributed by atoms with Gasteiger partial charge in [0.1, 0.15) is 0 Å². The molecule has 0 saturated carbocycles. The number of rotatable bonds is 8. The number of hydrogen-bond donors (Lipinski definition) is 0. The van der Waals surface area contributed by atoms with Crippen LogP contribution in [0.2, 0.25) is 0 Å². The number of thiophene rings is 1. The summed E-state index contributed by atoms with van der Waals surface area (Å²) in [5.41, 5.74) is 0. The fourth-order valence-corrected chi connectivity index (χ4v) is 2.75. The number of hydrogen-bond acceptors (Lipinski definition) is 4. The lowest BCUT2D eigenvalue weighted by atomic mass is 10.3. The maximum absolute atomic E-state index is 12.0. The first-order valence-electron chi connectivity index (χ1n) is 5.76. The molecule has 0 amide bonds. The molecule has 0 radical (unpaired) electrons. The smallest absolute Gasteiger partial charge is 0.186 e. The zero-order valence-corrected chi connectivity index (χ0v) is 12.6. The average Bonchev–Trinajstić information content (AvgIpc) is 2.74. The Morgan fingerprint density at radius 1 is 1.47 bits per heavy atom. The Kier molecular flexibility index (Phi) is 6.96. The van der Waals surface area contributed by atoms with Crippen molar-refractivity contribution in [1.82, 2.24) is 4.90 Å². The van der Waals surface area contributed by atoms with Crippen molar-refractivity contribution < 1.29 is 9.53 Å². The van der Waals surface area contributed by atoms with Crippen molar-refractivity contribution in [3.8, 4) is 0 Å². The Morgan fingerprint density at radius 2 is 2.24 bits per heavy atom. The topological polar surface area (TPSA) is 29.5 Å². The van der Waals surface area contributed by atoms with Crippen LogP contribution in [-0.2, 0) is 4.74 Å². The highest BCUT2D eigenvalue weighted by atomic mass is 79.9. The summed E-state index contributed by atoms with van der Waals surface area (Å²) in [6.45, 7) is 7.59. The Balaban J connectivity index is 2.42. The molecule has 0 N–H and O–H groups in total. The van der Waals surface area contributed by atoms with Gasteiger partial charge in [-0.25, -0.2) is 0 Å². The third kappa shape index (κ3) is 5.29. The Bertz CT molecular complexity index is 354. The van der Waals surface area contributed by atoms with Crippen LogP contribution in [0.15, 0.2) is 15.9 Å². The van der Waals surface area contributed by atoms with Gasteiger partial charge in [0, 0.05) is 13.2 Å². The number of Topliss-reactive ketones (excluding diaryl/α,β-unsaturated/α-hetero) is 1. The summed E-state index contributed by atoms with van der Waals surface area (Å²) < 4.78 is 6.30. The van der Waals surface area contributed by atoms with Crippen molar-refractivity contribution in [2.75, 3.05) is 32.8 Å². The molecular formula is C12H18BrNO2S. The van der Waals surface area contributed by atoms with Gasteiger partial charge in [0.2, 0.25) is 0 Å². The highest BCUT2D eigenvalue weighted by molar-refractivity contribution is 9.11. The second-order valence-electron chi connectivity index (χ2n) is 3.59. The fraction of sp³-hybridized carbons (Fsp3) is 0.583. The molecule has 5 heteroatoms. The van der Waals surface area contributed by atoms with Gasteiger partial charge in [-0.1, -0.05) is 6.92 Å². The van der Waals surface area contributed by atoms with E-state index in [0.29, 0.717) is 13.2 Å². The lowest BCUT2D eigenvalue weighted by Gasteiger charge is -2.18. The van der Waals surface area contributed by atoms with Crippen LogP contribution in [0.25, 0.3) is 0 Å². The van der Waals surface area contributed by atoms with E-state index in [1.165, 1.54) is 11.3 Å². The molecule has 1 aromatic rings. The molecule has 17 heavy (non-hydrogen) atoms. The predicted octanol–water partition coefficient (Wildman–Crippen LogP) is 3.05. The quantitative estimate of drug-likeness (QED) is 0.545. The predicted molar refractivity (Wildman–Crippen MR) is 75.0 cm³/mol. The largest absolute Gasteiger partial charge is 0.380 e. The van der Waals surface area contributed by atoms with Crippen LogP contribution in [-0.4, -0.2) is 43.5 Å². The van der Waals surface area contributed by atoms with E-state index in [4.69, 9.17) is 4.74 Å². The lowest BCUT2D eigenvalue weighted by Crippen LogP contribution is -2.32. The first kappa shape index (κ1) is 14.8. The fourth-order valence-electron chi connectivity index (χ4n) is 1.43. The molecule has 0 aliphatic rings. The van der Waals surface area contributed by atoms with Gasteiger partial charge in [-0.15, -0.1) is 11.3 Å². The lowest BCUT2D eigenvalue weighted by molar-refractivity contribution is 0.0871. The number of nitrogens with zero attached hydrogens (tertiary/aromatic N) is 1. The van der Waals surface area contributed by atoms with Gasteiger partial charge >= 0.3 is 0 Å². The summed E-state index contributed by atoms with van der Waals surface area (Å²) >= 11 is 4.85. The molecule has 0 spiro atoms. The standard InChI is InChI=1S/C12H18BrNO2S/c1-3-14(7-8-16-4-2)9-10(15)11-5-6-12(13)17-11/h5-6H,3-4,7-9H2,1-2H3. The van der Waals surface area contributed by atoms with Gasteiger partial charge in [-0.3, -0.25) is 9.69 Å². The number of carbonyl (C=O) groups is 1. The van der Waals surface area contributed by atoms with Gasteiger partial charge in [-0.05, 0) is 41.5 Å². The molecule has 0 aromatic carbocycles. The number of ether oxygens (including phenoxy) is 1. The monoisotopic (exact) mass is 319 g/mol. The second-order valence-corrected chi connectivity index (χ2v) is 6.06. The SMILES string of the molecule is CCOCCN(CC)CC(=O)c1ccc(Br)s1. The third-order valence-electron chi connectivity index (χ3n) is 2.42. The molecule has 0 unspecified atom stereocenters. The van der Waals surface area contributed by atoms with Crippen LogP contribution in [0.5, 0.6) is 0 Å². The summed E-state index contributed by atoms with van der Waals surface area (Å²) in [6, 6.07) is 3.78. The zero-order valence-electron chi connectivity index (χ0n) is 10.2. The molecule has 3 nitrogen and oxygen atoms in total. The van der Waals surface area contributed by atoms with E-state index in [9.17, 15) is 4.79 Å².